The summed E-state index contributed by atoms with van der Waals surface area (Å²) < 4.78 is 170. The van der Waals surface area contributed by atoms with Gasteiger partial charge in [-0.3, -0.25) is 0 Å². The Balaban J connectivity index is 1.80. The highest BCUT2D eigenvalue weighted by atomic mass is 127. The van der Waals surface area contributed by atoms with Gasteiger partial charge in [0.25, 0.3) is 0 Å². The van der Waals surface area contributed by atoms with E-state index in [0.717, 1.165) is 0 Å². The highest BCUT2D eigenvalue weighted by Gasteiger charge is 2.86. The molecule has 18 heteroatoms. The van der Waals surface area contributed by atoms with Gasteiger partial charge in [0.05, 0.1) is 0 Å². The summed E-state index contributed by atoms with van der Waals surface area (Å²) in [4.78, 5) is -0.560. The minimum absolute atomic E-state index is 0.0878. The lowest BCUT2D eigenvalue weighted by Gasteiger charge is -2.39. The fraction of sp³-hybridized carbons (Fsp3) is 0.226. The van der Waals surface area contributed by atoms with Gasteiger partial charge in [0.15, 0.2) is 0 Å². The van der Waals surface area contributed by atoms with Crippen LogP contribution in [-0.2, 0) is 29.0 Å². The van der Waals surface area contributed by atoms with Gasteiger partial charge in [-0.15, -0.1) is 0 Å². The zero-order valence-electron chi connectivity index (χ0n) is 24.7. The van der Waals surface area contributed by atoms with E-state index in [9.17, 15) is 44.3 Å². The molecule has 49 heavy (non-hydrogen) atoms. The maximum Gasteiger partial charge on any atom is 0.460 e. The molecule has 0 aliphatic carbocycles. The van der Waals surface area contributed by atoms with Crippen molar-refractivity contribution < 1.29 is 66.1 Å². The minimum atomic E-state index is -7.50. The molecular formula is C31H22F9IO6S2. The second kappa shape index (κ2) is 12.3. The van der Waals surface area contributed by atoms with Gasteiger partial charge in [-0.1, -0.05) is 24.3 Å². The van der Waals surface area contributed by atoms with E-state index < -0.39 is 49.5 Å². The smallest absolute Gasteiger partial charge is 0.460 e. The second-order valence-corrected chi connectivity index (χ2v) is 16.1. The number of aromatic hydroxyl groups is 1. The average molecular weight is 853 g/mol. The van der Waals surface area contributed by atoms with E-state index in [1.54, 1.807) is 0 Å². The van der Waals surface area contributed by atoms with E-state index in [1.807, 2.05) is 22.6 Å². The Bertz CT molecular complexity index is 1990. The number of ether oxygens (including phenoxy) is 2. The SMILES string of the molecule is COC(OC)(c1ccc(O)cc1)c1ccc2c(c1)-c1ccccc1S2(OS(=O)(=O)C(F)(F)C(F)(F)C(F)(F)C(F)(F)F)c1ccc(I)cc1. The molecule has 0 fully saturated rings. The summed E-state index contributed by atoms with van der Waals surface area (Å²) in [6.07, 6.45) is -7.26. The topological polar surface area (TPSA) is 82.1 Å². The molecule has 1 unspecified atom stereocenters. The van der Waals surface area contributed by atoms with Crippen molar-refractivity contribution in [3.8, 4) is 16.9 Å². The van der Waals surface area contributed by atoms with E-state index in [-0.39, 0.29) is 37.1 Å². The van der Waals surface area contributed by atoms with Crippen LogP contribution in [0, 0.1) is 3.57 Å². The minimum Gasteiger partial charge on any atom is -0.508 e. The molecule has 0 saturated carbocycles. The van der Waals surface area contributed by atoms with Gasteiger partial charge in [0, 0.05) is 43.6 Å². The molecule has 0 bridgehead atoms. The lowest BCUT2D eigenvalue weighted by Crippen LogP contribution is -2.63. The molecule has 0 spiro atoms. The number of fused-ring (bicyclic) bond motifs is 3. The summed E-state index contributed by atoms with van der Waals surface area (Å²) in [5.74, 6) is -16.8. The first-order valence-electron chi connectivity index (χ1n) is 13.5. The number of phenols is 1. The number of alkyl halides is 9. The van der Waals surface area contributed by atoms with Crippen molar-refractivity contribution >= 4 is 43.0 Å². The van der Waals surface area contributed by atoms with Crippen LogP contribution in [0.1, 0.15) is 11.1 Å². The Morgan fingerprint density at radius 2 is 1.20 bits per heavy atom. The van der Waals surface area contributed by atoms with Crippen LogP contribution in [0.3, 0.4) is 0 Å². The Kier molecular flexibility index (Phi) is 9.36. The van der Waals surface area contributed by atoms with Crippen molar-refractivity contribution in [3.63, 3.8) is 0 Å². The Morgan fingerprint density at radius 3 is 1.76 bits per heavy atom. The number of rotatable bonds is 10. The molecule has 0 aromatic heterocycles. The molecule has 1 atom stereocenters. The third-order valence-corrected chi connectivity index (χ3v) is 13.8. The zero-order valence-corrected chi connectivity index (χ0v) is 28.5. The van der Waals surface area contributed by atoms with Crippen LogP contribution in [0.25, 0.3) is 11.1 Å². The maximum atomic E-state index is 15.2. The third kappa shape index (κ3) is 5.49. The molecule has 1 aliphatic rings. The Labute approximate surface area is 288 Å². The van der Waals surface area contributed by atoms with Gasteiger partial charge in [-0.2, -0.15) is 47.9 Å². The first-order valence-corrected chi connectivity index (χ1v) is 17.6. The molecule has 1 aliphatic heterocycles. The molecule has 4 aromatic carbocycles. The van der Waals surface area contributed by atoms with Crippen molar-refractivity contribution in [2.45, 2.75) is 43.7 Å². The van der Waals surface area contributed by atoms with Crippen molar-refractivity contribution in [2.75, 3.05) is 14.2 Å². The quantitative estimate of drug-likeness (QED) is 0.0974. The summed E-state index contributed by atoms with van der Waals surface area (Å²) >= 11 is 1.86. The van der Waals surface area contributed by atoms with E-state index in [0.29, 0.717) is 9.13 Å². The highest BCUT2D eigenvalue weighted by molar-refractivity contribution is 14.1. The largest absolute Gasteiger partial charge is 0.508 e. The van der Waals surface area contributed by atoms with Crippen molar-refractivity contribution in [3.05, 3.63) is 106 Å². The Morgan fingerprint density at radius 1 is 0.673 bits per heavy atom. The van der Waals surface area contributed by atoms with E-state index >= 15 is 8.78 Å². The van der Waals surface area contributed by atoms with E-state index in [2.05, 4.69) is 0 Å². The first-order chi connectivity index (χ1) is 22.6. The van der Waals surface area contributed by atoms with Crippen LogP contribution in [-0.4, -0.2) is 51.0 Å². The number of halogens is 10. The molecular weight excluding hydrogens is 830 g/mol. The normalized spacial score (nSPS) is 18.4. The standard InChI is InChI=1S/C31H22F9IO6S2/c1-45-27(46-2,18-7-12-21(42)13-8-18)19-9-16-26-24(17-19)23-5-3-4-6-25(23)48(26,22-14-10-20(41)11-15-22)47-49(43,44)31(39,40)29(34,35)28(32,33)30(36,37)38/h3-17,42H,1-2H3. The molecule has 1 heterocycles. The van der Waals surface area contributed by atoms with Gasteiger partial charge in [0.1, 0.15) is 5.75 Å². The first kappa shape index (κ1) is 37.2. The molecule has 1 N–H and O–H groups in total. The van der Waals surface area contributed by atoms with Gasteiger partial charge in [-0.25, -0.2) is 3.63 Å². The van der Waals surface area contributed by atoms with Gasteiger partial charge in [0.2, 0.25) is 5.79 Å². The van der Waals surface area contributed by atoms with Crippen LogP contribution in [0.15, 0.2) is 106 Å². The van der Waals surface area contributed by atoms with Gasteiger partial charge in [-0.05, 0) is 111 Å². The monoisotopic (exact) mass is 852 g/mol. The van der Waals surface area contributed by atoms with Gasteiger partial charge >= 0.3 is 33.4 Å². The highest BCUT2D eigenvalue weighted by Crippen LogP contribution is 2.78. The van der Waals surface area contributed by atoms with Crippen LogP contribution >= 0.6 is 32.9 Å². The number of hydrogen-bond acceptors (Lipinski definition) is 6. The summed E-state index contributed by atoms with van der Waals surface area (Å²) in [5.41, 5.74) is 0.790. The lowest BCUT2D eigenvalue weighted by molar-refractivity contribution is -0.382. The fourth-order valence-electron chi connectivity index (χ4n) is 5.34. The van der Waals surface area contributed by atoms with E-state index in [4.69, 9.17) is 13.1 Å². The summed E-state index contributed by atoms with van der Waals surface area (Å²) in [6.45, 7) is 0. The summed E-state index contributed by atoms with van der Waals surface area (Å²) in [5, 5.41) is 2.70. The predicted octanol–water partition coefficient (Wildman–Crippen LogP) is 9.44. The number of methoxy groups -OCH3 is 2. The zero-order chi connectivity index (χ0) is 36.4. The Hall–Kier alpha value is -3.04. The fourth-order valence-corrected chi connectivity index (χ4v) is 11.2. The molecule has 5 rings (SSSR count). The van der Waals surface area contributed by atoms with Crippen molar-refractivity contribution in [1.82, 2.24) is 0 Å². The predicted molar refractivity (Wildman–Crippen MR) is 167 cm³/mol. The van der Waals surface area contributed by atoms with Crippen molar-refractivity contribution in [1.29, 1.82) is 0 Å². The maximum absolute atomic E-state index is 15.2. The van der Waals surface area contributed by atoms with Crippen LogP contribution in [0.2, 0.25) is 0 Å². The van der Waals surface area contributed by atoms with Gasteiger partial charge < -0.3 is 14.6 Å². The molecule has 0 radical (unpaired) electrons. The van der Waals surface area contributed by atoms with Crippen LogP contribution in [0.5, 0.6) is 5.75 Å². The number of hydrogen-bond donors (Lipinski definition) is 1. The summed E-state index contributed by atoms with van der Waals surface area (Å²) in [6, 6.07) is 20.3. The second-order valence-electron chi connectivity index (χ2n) is 10.5. The van der Waals surface area contributed by atoms with Crippen LogP contribution < -0.4 is 0 Å². The van der Waals surface area contributed by atoms with E-state index in [1.165, 1.54) is 105 Å². The third-order valence-electron chi connectivity index (χ3n) is 7.75. The molecule has 6 nitrogen and oxygen atoms in total. The summed E-state index contributed by atoms with van der Waals surface area (Å²) in [7, 11) is -8.92. The van der Waals surface area contributed by atoms with Crippen LogP contribution in [0.4, 0.5) is 39.5 Å². The lowest BCUT2D eigenvalue weighted by atomic mass is 9.93. The molecule has 0 amide bonds. The molecule has 4 aromatic rings. The number of benzene rings is 4. The molecule has 0 saturated heterocycles. The molecule has 264 valence electrons. The van der Waals surface area contributed by atoms with Crippen molar-refractivity contribution in [2.24, 2.45) is 0 Å². The number of phenolic OH excluding ortho intramolecular Hbond substituents is 1. The average Bonchev–Trinajstić information content (AvgIpc) is 3.31.